The molecular weight excluding hydrogens is 629 g/mol. The summed E-state index contributed by atoms with van der Waals surface area (Å²) in [5.41, 5.74) is 0. The molecule has 3 atom stereocenters. The molecule has 0 aromatic heterocycles. The average Bonchev–Trinajstić information content (AvgIpc) is 2.62. The van der Waals surface area contributed by atoms with E-state index in [-0.39, 0.29) is 0 Å². The van der Waals surface area contributed by atoms with E-state index in [2.05, 4.69) is 4.74 Å². The molecule has 38 heavy (non-hydrogen) atoms. The maximum atomic E-state index is 14.2. The summed E-state index contributed by atoms with van der Waals surface area (Å²) < 4.78 is 302. The van der Waals surface area contributed by atoms with Crippen LogP contribution in [0, 0.1) is 0 Å². The van der Waals surface area contributed by atoms with E-state index in [1.54, 1.807) is 0 Å². The van der Waals surface area contributed by atoms with E-state index in [4.69, 9.17) is 0 Å². The molecule has 0 amide bonds. The van der Waals surface area contributed by atoms with Gasteiger partial charge in [-0.2, -0.15) is 101 Å². The van der Waals surface area contributed by atoms with Gasteiger partial charge in [0.1, 0.15) is 0 Å². The Morgan fingerprint density at radius 2 is 0.605 bits per heavy atom. The molecular formula is C12H3F23O3. The molecule has 0 aromatic rings. The molecule has 0 heterocycles. The van der Waals surface area contributed by atoms with Gasteiger partial charge in [0, 0.05) is 7.11 Å². The minimum Gasteiger partial charge on any atom is -0.340 e. The van der Waals surface area contributed by atoms with Crippen LogP contribution < -0.4 is 0 Å². The lowest BCUT2D eigenvalue weighted by molar-refractivity contribution is -0.574. The molecule has 230 valence electrons. The van der Waals surface area contributed by atoms with Crippen molar-refractivity contribution in [2.24, 2.45) is 0 Å². The molecule has 0 fully saturated rings. The van der Waals surface area contributed by atoms with E-state index in [9.17, 15) is 101 Å². The molecule has 3 nitrogen and oxygen atoms in total. The van der Waals surface area contributed by atoms with Crippen molar-refractivity contribution in [1.29, 1.82) is 0 Å². The van der Waals surface area contributed by atoms with Gasteiger partial charge >= 0.3 is 66.3 Å². The first-order valence-electron chi connectivity index (χ1n) is 7.78. The molecule has 26 heteroatoms. The summed E-state index contributed by atoms with van der Waals surface area (Å²) in [5, 5.41) is 0. The number of hydrogen-bond donors (Lipinski definition) is 0. The molecule has 0 N–H and O–H groups in total. The first kappa shape index (κ1) is 36.3. The van der Waals surface area contributed by atoms with Gasteiger partial charge in [0.2, 0.25) is 0 Å². The maximum Gasteiger partial charge on any atom is 0.462 e. The van der Waals surface area contributed by atoms with Crippen molar-refractivity contribution in [3.8, 4) is 0 Å². The lowest BCUT2D eigenvalue weighted by Crippen LogP contribution is -2.75. The zero-order chi connectivity index (χ0) is 31.6. The van der Waals surface area contributed by atoms with Crippen LogP contribution in [0.15, 0.2) is 0 Å². The summed E-state index contributed by atoms with van der Waals surface area (Å²) in [6, 6.07) is 0. The quantitative estimate of drug-likeness (QED) is 0.249. The van der Waals surface area contributed by atoms with E-state index in [0.717, 1.165) is 4.74 Å². The summed E-state index contributed by atoms with van der Waals surface area (Å²) in [6.45, 7) is 0. The maximum absolute atomic E-state index is 14.2. The van der Waals surface area contributed by atoms with Gasteiger partial charge in [-0.25, -0.2) is 0 Å². The zero-order valence-electron chi connectivity index (χ0n) is 16.4. The predicted octanol–water partition coefficient (Wildman–Crippen LogP) is 7.37. The van der Waals surface area contributed by atoms with Gasteiger partial charge < -0.3 is 4.74 Å². The highest BCUT2D eigenvalue weighted by Crippen LogP contribution is 2.61. The number of hydrogen-bond acceptors (Lipinski definition) is 3. The van der Waals surface area contributed by atoms with Crippen LogP contribution >= 0.6 is 0 Å². The van der Waals surface area contributed by atoms with Gasteiger partial charge in [-0.15, -0.1) is 0 Å². The van der Waals surface area contributed by atoms with Crippen LogP contribution in [-0.2, 0) is 14.2 Å². The summed E-state index contributed by atoms with van der Waals surface area (Å²) in [4.78, 5) is 0. The first-order valence-corrected chi connectivity index (χ1v) is 7.78. The SMILES string of the molecule is COC(F)(C(F)(F)C(F)(F)F)C(F)(OC(F)(F)C(F)(OC(F)(F)C(F)(F)C(F)(F)F)C(F)(F)F)C(F)(F)F. The Hall–Kier alpha value is -1.73. The van der Waals surface area contributed by atoms with E-state index in [1.165, 1.54) is 4.74 Å². The summed E-state index contributed by atoms with van der Waals surface area (Å²) in [5.74, 6) is -41.3. The van der Waals surface area contributed by atoms with E-state index >= 15 is 0 Å². The molecule has 3 unspecified atom stereocenters. The Bertz CT molecular complexity index is 837. The van der Waals surface area contributed by atoms with Crippen molar-refractivity contribution < 1.29 is 115 Å². The molecule has 0 bridgehead atoms. The van der Waals surface area contributed by atoms with Gasteiger partial charge in [-0.05, 0) is 0 Å². The summed E-state index contributed by atoms with van der Waals surface area (Å²) >= 11 is 0. The fourth-order valence-corrected chi connectivity index (χ4v) is 1.88. The third-order valence-electron chi connectivity index (χ3n) is 3.82. The van der Waals surface area contributed by atoms with Crippen LogP contribution in [-0.4, -0.2) is 73.4 Å². The van der Waals surface area contributed by atoms with Crippen molar-refractivity contribution in [3.05, 3.63) is 0 Å². The molecule has 0 saturated carbocycles. The molecule has 0 spiro atoms. The Kier molecular flexibility index (Phi) is 8.74. The van der Waals surface area contributed by atoms with Crippen LogP contribution in [0.2, 0.25) is 0 Å². The molecule has 0 saturated heterocycles. The minimum atomic E-state index is -8.68. The van der Waals surface area contributed by atoms with Crippen molar-refractivity contribution >= 4 is 0 Å². The van der Waals surface area contributed by atoms with Gasteiger partial charge in [-0.3, -0.25) is 9.47 Å². The van der Waals surface area contributed by atoms with E-state index in [0.29, 0.717) is 0 Å². The Labute approximate surface area is 190 Å². The second-order valence-electron chi connectivity index (χ2n) is 6.37. The highest BCUT2D eigenvalue weighted by molar-refractivity contribution is 5.07. The molecule has 0 rings (SSSR count). The van der Waals surface area contributed by atoms with E-state index in [1.807, 2.05) is 0 Å². The van der Waals surface area contributed by atoms with Crippen molar-refractivity contribution in [3.63, 3.8) is 0 Å². The van der Waals surface area contributed by atoms with Gasteiger partial charge in [0.15, 0.2) is 0 Å². The third kappa shape index (κ3) is 5.22. The fraction of sp³-hybridized carbons (Fsp3) is 1.00. The molecule has 0 aliphatic heterocycles. The number of methoxy groups -OCH3 is 1. The third-order valence-corrected chi connectivity index (χ3v) is 3.82. The number of rotatable bonds is 9. The number of ether oxygens (including phenoxy) is 3. The molecule has 0 aromatic carbocycles. The van der Waals surface area contributed by atoms with Crippen LogP contribution in [0.25, 0.3) is 0 Å². The van der Waals surface area contributed by atoms with Crippen molar-refractivity contribution in [1.82, 2.24) is 0 Å². The van der Waals surface area contributed by atoms with E-state index < -0.39 is 73.4 Å². The average molecular weight is 632 g/mol. The largest absolute Gasteiger partial charge is 0.462 e. The van der Waals surface area contributed by atoms with Crippen LogP contribution in [0.5, 0.6) is 0 Å². The lowest BCUT2D eigenvalue weighted by atomic mass is 9.99. The Morgan fingerprint density at radius 3 is 0.842 bits per heavy atom. The topological polar surface area (TPSA) is 27.7 Å². The smallest absolute Gasteiger partial charge is 0.340 e. The second-order valence-corrected chi connectivity index (χ2v) is 6.37. The van der Waals surface area contributed by atoms with Crippen LogP contribution in [0.3, 0.4) is 0 Å². The van der Waals surface area contributed by atoms with Crippen LogP contribution in [0.1, 0.15) is 0 Å². The first-order chi connectivity index (χ1) is 16.0. The standard InChI is InChI=1S/C12H3F23O3/c1-36-4(17,2(13,14)7(20,21)22)5(18,9(26,27)28)37-12(34,35)6(19,10(29,30)31)38-11(32,33)3(15,16)8(23,24)25/h1H3. The highest BCUT2D eigenvalue weighted by atomic mass is 19.4. The highest BCUT2D eigenvalue weighted by Gasteiger charge is 2.92. The Balaban J connectivity index is 7.38. The molecule has 0 radical (unpaired) electrons. The monoisotopic (exact) mass is 632 g/mol. The summed E-state index contributed by atoms with van der Waals surface area (Å²) in [6.07, 6.45) is -49.4. The lowest BCUT2D eigenvalue weighted by Gasteiger charge is -2.45. The summed E-state index contributed by atoms with van der Waals surface area (Å²) in [7, 11) is -1.15. The number of halogens is 23. The van der Waals surface area contributed by atoms with Gasteiger partial charge in [0.25, 0.3) is 0 Å². The van der Waals surface area contributed by atoms with Crippen molar-refractivity contribution in [2.75, 3.05) is 7.11 Å². The zero-order valence-corrected chi connectivity index (χ0v) is 16.4. The molecule has 0 aliphatic rings. The van der Waals surface area contributed by atoms with Crippen LogP contribution in [0.4, 0.5) is 101 Å². The molecule has 0 aliphatic carbocycles. The number of alkyl halides is 23. The Morgan fingerprint density at radius 1 is 0.316 bits per heavy atom. The fourth-order valence-electron chi connectivity index (χ4n) is 1.88. The minimum absolute atomic E-state index is 1.03. The van der Waals surface area contributed by atoms with Gasteiger partial charge in [0.05, 0.1) is 0 Å². The predicted molar refractivity (Wildman–Crippen MR) is 64.7 cm³/mol. The van der Waals surface area contributed by atoms with Gasteiger partial charge in [-0.1, -0.05) is 0 Å². The normalized spacial score (nSPS) is 20.5. The van der Waals surface area contributed by atoms with Crippen molar-refractivity contribution in [2.45, 2.75) is 66.3 Å². The second kappa shape index (κ2) is 9.15.